The van der Waals surface area contributed by atoms with Crippen molar-refractivity contribution in [2.45, 2.75) is 18.1 Å². The molecule has 0 aliphatic heterocycles. The van der Waals surface area contributed by atoms with Crippen LogP contribution in [0.4, 0.5) is 5.69 Å². The molecule has 1 aromatic heterocycles. The highest BCUT2D eigenvalue weighted by Crippen LogP contribution is 2.21. The van der Waals surface area contributed by atoms with Gasteiger partial charge >= 0.3 is 0 Å². The Bertz CT molecular complexity index is 1100. The Morgan fingerprint density at radius 3 is 2.17 bits per heavy atom. The van der Waals surface area contributed by atoms with Crippen LogP contribution < -0.4 is 5.32 Å². The highest BCUT2D eigenvalue weighted by atomic mass is 32.2. The predicted molar refractivity (Wildman–Crippen MR) is 119 cm³/mol. The number of rotatable bonds is 8. The summed E-state index contributed by atoms with van der Waals surface area (Å²) in [5.74, 6) is 0.632. The van der Waals surface area contributed by atoms with Crippen molar-refractivity contribution in [2.75, 3.05) is 11.1 Å². The summed E-state index contributed by atoms with van der Waals surface area (Å²) in [5, 5.41) is 11.5. The van der Waals surface area contributed by atoms with Gasteiger partial charge in [0.25, 0.3) is 5.22 Å². The van der Waals surface area contributed by atoms with E-state index in [9.17, 15) is 4.79 Å². The van der Waals surface area contributed by atoms with Crippen LogP contribution in [0.1, 0.15) is 22.6 Å². The second-order valence-corrected chi connectivity index (χ2v) is 7.71. The number of thioether (sulfide) groups is 1. The van der Waals surface area contributed by atoms with Crippen LogP contribution in [-0.2, 0) is 17.6 Å². The highest BCUT2D eigenvalue weighted by molar-refractivity contribution is 7.99. The smallest absolute Gasteiger partial charge is 0.277 e. The third-order valence-corrected chi connectivity index (χ3v) is 5.32. The zero-order chi connectivity index (χ0) is 20.6. The predicted octanol–water partition coefficient (Wildman–Crippen LogP) is 4.98. The molecule has 0 aliphatic carbocycles. The number of nitrogens with zero attached hydrogens (tertiary/aromatic N) is 2. The SMILES string of the molecule is O=C(CSc1nnc(Cc2ccccc2)o1)Nc1ccccc1Cc1ccccc1. The molecule has 0 spiro atoms. The molecule has 0 radical (unpaired) electrons. The van der Waals surface area contributed by atoms with Crippen molar-refractivity contribution in [2.24, 2.45) is 0 Å². The number of hydrogen-bond acceptors (Lipinski definition) is 5. The van der Waals surface area contributed by atoms with Gasteiger partial charge in [-0.2, -0.15) is 0 Å². The lowest BCUT2D eigenvalue weighted by Crippen LogP contribution is -2.15. The largest absolute Gasteiger partial charge is 0.416 e. The molecule has 0 saturated carbocycles. The minimum atomic E-state index is -0.108. The number of carbonyl (C=O) groups excluding carboxylic acids is 1. The average molecular weight is 416 g/mol. The van der Waals surface area contributed by atoms with E-state index in [1.165, 1.54) is 17.3 Å². The molecule has 4 aromatic rings. The van der Waals surface area contributed by atoms with Crippen LogP contribution in [-0.4, -0.2) is 21.9 Å². The first-order valence-corrected chi connectivity index (χ1v) is 10.7. The lowest BCUT2D eigenvalue weighted by Gasteiger charge is -2.11. The summed E-state index contributed by atoms with van der Waals surface area (Å²) in [6, 6.07) is 28.0. The Morgan fingerprint density at radius 1 is 0.800 bits per heavy atom. The fourth-order valence-electron chi connectivity index (χ4n) is 3.06. The van der Waals surface area contributed by atoms with Gasteiger partial charge in [0.15, 0.2) is 0 Å². The molecule has 0 fully saturated rings. The van der Waals surface area contributed by atoms with Crippen molar-refractivity contribution in [1.29, 1.82) is 0 Å². The van der Waals surface area contributed by atoms with E-state index in [1.807, 2.05) is 72.8 Å². The minimum absolute atomic E-state index is 0.108. The molecule has 0 aliphatic rings. The molecule has 0 unspecified atom stereocenters. The van der Waals surface area contributed by atoms with Crippen LogP contribution in [0.25, 0.3) is 0 Å². The number of carbonyl (C=O) groups is 1. The van der Waals surface area contributed by atoms with E-state index in [0.717, 1.165) is 23.2 Å². The summed E-state index contributed by atoms with van der Waals surface area (Å²) in [6.45, 7) is 0. The van der Waals surface area contributed by atoms with Gasteiger partial charge in [0, 0.05) is 5.69 Å². The van der Waals surface area contributed by atoms with Crippen molar-refractivity contribution < 1.29 is 9.21 Å². The Kier molecular flexibility index (Phi) is 6.57. The Balaban J connectivity index is 1.32. The fourth-order valence-corrected chi connectivity index (χ4v) is 3.64. The van der Waals surface area contributed by atoms with Gasteiger partial charge in [-0.15, -0.1) is 10.2 Å². The van der Waals surface area contributed by atoms with E-state index in [-0.39, 0.29) is 11.7 Å². The maximum atomic E-state index is 12.5. The summed E-state index contributed by atoms with van der Waals surface area (Å²) >= 11 is 1.24. The van der Waals surface area contributed by atoms with E-state index in [1.54, 1.807) is 0 Å². The zero-order valence-electron chi connectivity index (χ0n) is 16.3. The first-order valence-electron chi connectivity index (χ1n) is 9.67. The van der Waals surface area contributed by atoms with E-state index < -0.39 is 0 Å². The van der Waals surface area contributed by atoms with Crippen LogP contribution in [0, 0.1) is 0 Å². The van der Waals surface area contributed by atoms with Gasteiger partial charge in [-0.05, 0) is 29.2 Å². The van der Waals surface area contributed by atoms with Crippen molar-refractivity contribution >= 4 is 23.4 Å². The van der Waals surface area contributed by atoms with Crippen molar-refractivity contribution in [1.82, 2.24) is 10.2 Å². The van der Waals surface area contributed by atoms with Gasteiger partial charge in [-0.3, -0.25) is 4.79 Å². The molecule has 30 heavy (non-hydrogen) atoms. The average Bonchev–Trinajstić information content (AvgIpc) is 3.22. The molecule has 1 N–H and O–H groups in total. The third-order valence-electron chi connectivity index (χ3n) is 4.50. The number of anilines is 1. The number of hydrogen-bond donors (Lipinski definition) is 1. The molecular formula is C24H21N3O2S. The monoisotopic (exact) mass is 415 g/mol. The van der Waals surface area contributed by atoms with E-state index >= 15 is 0 Å². The number of aromatic nitrogens is 2. The lowest BCUT2D eigenvalue weighted by atomic mass is 10.0. The Labute approximate surface area is 179 Å². The molecule has 3 aromatic carbocycles. The fraction of sp³-hybridized carbons (Fsp3) is 0.125. The summed E-state index contributed by atoms with van der Waals surface area (Å²) in [6.07, 6.45) is 1.34. The summed E-state index contributed by atoms with van der Waals surface area (Å²) in [7, 11) is 0. The highest BCUT2D eigenvalue weighted by Gasteiger charge is 2.12. The summed E-state index contributed by atoms with van der Waals surface area (Å²) < 4.78 is 5.65. The Morgan fingerprint density at radius 2 is 1.43 bits per heavy atom. The number of benzene rings is 3. The lowest BCUT2D eigenvalue weighted by molar-refractivity contribution is -0.113. The molecular weight excluding hydrogens is 394 g/mol. The van der Waals surface area contributed by atoms with Gasteiger partial charge in [0.05, 0.1) is 12.2 Å². The third kappa shape index (κ3) is 5.58. The van der Waals surface area contributed by atoms with E-state index in [2.05, 4.69) is 27.6 Å². The second-order valence-electron chi connectivity index (χ2n) is 6.78. The number of amides is 1. The second kappa shape index (κ2) is 9.89. The molecule has 0 saturated heterocycles. The van der Waals surface area contributed by atoms with Gasteiger partial charge < -0.3 is 9.73 Å². The van der Waals surface area contributed by atoms with Gasteiger partial charge in [-0.25, -0.2) is 0 Å². The van der Waals surface area contributed by atoms with Gasteiger partial charge in [0.2, 0.25) is 11.8 Å². The molecule has 4 rings (SSSR count). The standard InChI is InChI=1S/C24H21N3O2S/c28-22(17-30-24-27-26-23(29-24)16-19-11-5-2-6-12-19)25-21-14-8-7-13-20(21)15-18-9-3-1-4-10-18/h1-14H,15-17H2,(H,25,28). The molecule has 0 atom stereocenters. The molecule has 5 nitrogen and oxygen atoms in total. The molecule has 6 heteroatoms. The number of nitrogens with one attached hydrogen (secondary N) is 1. The molecule has 1 amide bonds. The van der Waals surface area contributed by atoms with Gasteiger partial charge in [-0.1, -0.05) is 90.6 Å². The van der Waals surface area contributed by atoms with Crippen molar-refractivity contribution in [3.8, 4) is 0 Å². The van der Waals surface area contributed by atoms with Crippen LogP contribution >= 0.6 is 11.8 Å². The van der Waals surface area contributed by atoms with Gasteiger partial charge in [0.1, 0.15) is 0 Å². The first-order chi connectivity index (χ1) is 14.8. The topological polar surface area (TPSA) is 68.0 Å². The summed E-state index contributed by atoms with van der Waals surface area (Å²) in [4.78, 5) is 12.5. The Hall–Kier alpha value is -3.38. The quantitative estimate of drug-likeness (QED) is 0.411. The van der Waals surface area contributed by atoms with E-state index in [0.29, 0.717) is 17.5 Å². The maximum absolute atomic E-state index is 12.5. The maximum Gasteiger partial charge on any atom is 0.277 e. The minimum Gasteiger partial charge on any atom is -0.416 e. The molecule has 150 valence electrons. The molecule has 0 bridgehead atoms. The molecule has 1 heterocycles. The van der Waals surface area contributed by atoms with E-state index in [4.69, 9.17) is 4.42 Å². The van der Waals surface area contributed by atoms with Crippen LogP contribution in [0.2, 0.25) is 0 Å². The normalized spacial score (nSPS) is 10.7. The number of para-hydroxylation sites is 1. The van der Waals surface area contributed by atoms with Crippen LogP contribution in [0.3, 0.4) is 0 Å². The summed E-state index contributed by atoms with van der Waals surface area (Å²) in [5.41, 5.74) is 4.20. The zero-order valence-corrected chi connectivity index (χ0v) is 17.1. The van der Waals surface area contributed by atoms with Crippen LogP contribution in [0.5, 0.6) is 0 Å². The van der Waals surface area contributed by atoms with Crippen molar-refractivity contribution in [3.05, 3.63) is 108 Å². The van der Waals surface area contributed by atoms with Crippen LogP contribution in [0.15, 0.2) is 94.6 Å². The first kappa shape index (κ1) is 19.9. The van der Waals surface area contributed by atoms with Crippen molar-refractivity contribution in [3.63, 3.8) is 0 Å².